The second-order valence-electron chi connectivity index (χ2n) is 3.02. The maximum absolute atomic E-state index is 6.04. The predicted octanol–water partition coefficient (Wildman–Crippen LogP) is 3.01. The van der Waals surface area contributed by atoms with Crippen molar-refractivity contribution in [2.75, 3.05) is 0 Å². The monoisotopic (exact) mass is 145 g/mol. The first-order chi connectivity index (χ1) is 4.24. The van der Waals surface area contributed by atoms with E-state index in [1.165, 1.54) is 19.3 Å². The number of hydrogen-bond acceptors (Lipinski definition) is 0. The Hall–Kier alpha value is 0.290. The summed E-state index contributed by atoms with van der Waals surface area (Å²) in [6.45, 7) is 4.47. The van der Waals surface area contributed by atoms with Crippen LogP contribution in [0.25, 0.3) is 0 Å². The fraction of sp³-hybridized carbons (Fsp3) is 0.875. The van der Waals surface area contributed by atoms with E-state index in [0.29, 0.717) is 5.38 Å². The van der Waals surface area contributed by atoms with E-state index < -0.39 is 0 Å². The molecule has 0 heterocycles. The molecule has 1 rings (SSSR count). The number of halogens is 1. The zero-order chi connectivity index (χ0) is 6.85. The molecule has 0 spiro atoms. The molecule has 1 heteroatoms. The van der Waals surface area contributed by atoms with Gasteiger partial charge in [-0.15, -0.1) is 11.6 Å². The molecule has 0 aliphatic heterocycles. The minimum Gasteiger partial charge on any atom is -0.122 e. The zero-order valence-corrected chi connectivity index (χ0v) is 6.91. The third kappa shape index (κ3) is 1.61. The highest BCUT2D eigenvalue weighted by atomic mass is 35.5. The standard InChI is InChI=1S/C8H14Cl/c1-3-7-4-6(2)5-8(7)9/h6,8H,3-5H2,1-2H3. The lowest BCUT2D eigenvalue weighted by Gasteiger charge is -2.07. The molecule has 0 aromatic rings. The first-order valence-corrected chi connectivity index (χ1v) is 4.16. The van der Waals surface area contributed by atoms with Gasteiger partial charge in [0.05, 0.1) is 0 Å². The van der Waals surface area contributed by atoms with Crippen LogP contribution in [-0.2, 0) is 0 Å². The average Bonchev–Trinajstić information content (AvgIpc) is 2.10. The molecule has 0 N–H and O–H groups in total. The summed E-state index contributed by atoms with van der Waals surface area (Å²) in [5.74, 6) is 2.40. The van der Waals surface area contributed by atoms with Gasteiger partial charge in [-0.05, 0) is 31.1 Å². The lowest BCUT2D eigenvalue weighted by molar-refractivity contribution is 0.613. The molecule has 2 atom stereocenters. The molecule has 0 aromatic heterocycles. The van der Waals surface area contributed by atoms with Gasteiger partial charge in [-0.1, -0.05) is 13.8 Å². The summed E-state index contributed by atoms with van der Waals surface area (Å²) in [7, 11) is 0. The van der Waals surface area contributed by atoms with Crippen molar-refractivity contribution in [1.82, 2.24) is 0 Å². The maximum atomic E-state index is 6.04. The van der Waals surface area contributed by atoms with Crippen molar-refractivity contribution in [3.63, 3.8) is 0 Å². The Labute approximate surface area is 62.6 Å². The van der Waals surface area contributed by atoms with Crippen LogP contribution in [0, 0.1) is 11.8 Å². The van der Waals surface area contributed by atoms with Gasteiger partial charge in [-0.3, -0.25) is 0 Å². The molecule has 1 radical (unpaired) electrons. The molecule has 53 valence electrons. The van der Waals surface area contributed by atoms with E-state index in [-0.39, 0.29) is 0 Å². The summed E-state index contributed by atoms with van der Waals surface area (Å²) < 4.78 is 0. The van der Waals surface area contributed by atoms with E-state index in [2.05, 4.69) is 13.8 Å². The van der Waals surface area contributed by atoms with Crippen LogP contribution in [0.15, 0.2) is 0 Å². The summed E-state index contributed by atoms with van der Waals surface area (Å²) in [5, 5.41) is 0.394. The van der Waals surface area contributed by atoms with Crippen LogP contribution >= 0.6 is 11.6 Å². The molecular weight excluding hydrogens is 132 g/mol. The van der Waals surface area contributed by atoms with Crippen molar-refractivity contribution in [3.8, 4) is 0 Å². The number of rotatable bonds is 1. The fourth-order valence-corrected chi connectivity index (χ4v) is 2.09. The molecule has 1 saturated carbocycles. The Morgan fingerprint density at radius 2 is 2.33 bits per heavy atom. The van der Waals surface area contributed by atoms with Gasteiger partial charge in [-0.25, -0.2) is 0 Å². The molecule has 1 aliphatic carbocycles. The highest BCUT2D eigenvalue weighted by Crippen LogP contribution is 2.37. The van der Waals surface area contributed by atoms with Crippen molar-refractivity contribution >= 4 is 11.6 Å². The van der Waals surface area contributed by atoms with E-state index in [4.69, 9.17) is 11.6 Å². The molecule has 1 fully saturated rings. The Balaban J connectivity index is 2.38. The first-order valence-electron chi connectivity index (χ1n) is 3.72. The number of alkyl halides is 1. The summed E-state index contributed by atoms with van der Waals surface area (Å²) in [4.78, 5) is 0. The lowest BCUT2D eigenvalue weighted by Crippen LogP contribution is -2.01. The second-order valence-corrected chi connectivity index (χ2v) is 3.55. The molecular formula is C8H14Cl. The predicted molar refractivity (Wildman–Crippen MR) is 41.6 cm³/mol. The summed E-state index contributed by atoms with van der Waals surface area (Å²) in [6.07, 6.45) is 3.65. The van der Waals surface area contributed by atoms with Gasteiger partial charge in [0.1, 0.15) is 0 Å². The highest BCUT2D eigenvalue weighted by molar-refractivity contribution is 6.22. The third-order valence-electron chi connectivity index (χ3n) is 2.12. The molecule has 9 heavy (non-hydrogen) atoms. The normalized spacial score (nSPS) is 37.7. The summed E-state index contributed by atoms with van der Waals surface area (Å²) in [5.41, 5.74) is 0. The Morgan fingerprint density at radius 1 is 1.67 bits per heavy atom. The Morgan fingerprint density at radius 3 is 2.56 bits per heavy atom. The summed E-state index contributed by atoms with van der Waals surface area (Å²) in [6, 6.07) is 0. The largest absolute Gasteiger partial charge is 0.122 e. The van der Waals surface area contributed by atoms with Gasteiger partial charge in [0.2, 0.25) is 0 Å². The topological polar surface area (TPSA) is 0 Å². The zero-order valence-electron chi connectivity index (χ0n) is 6.15. The Bertz CT molecular complexity index is 90.6. The average molecular weight is 146 g/mol. The first kappa shape index (κ1) is 7.40. The Kier molecular flexibility index (Phi) is 2.40. The van der Waals surface area contributed by atoms with E-state index >= 15 is 0 Å². The smallest absolute Gasteiger partial charge is 0.0400 e. The van der Waals surface area contributed by atoms with Crippen LogP contribution in [0.5, 0.6) is 0 Å². The van der Waals surface area contributed by atoms with Crippen molar-refractivity contribution in [2.24, 2.45) is 5.92 Å². The van der Waals surface area contributed by atoms with Gasteiger partial charge < -0.3 is 0 Å². The van der Waals surface area contributed by atoms with E-state index in [1.54, 1.807) is 5.92 Å². The summed E-state index contributed by atoms with van der Waals surface area (Å²) >= 11 is 6.04. The van der Waals surface area contributed by atoms with Crippen LogP contribution in [-0.4, -0.2) is 5.38 Å². The van der Waals surface area contributed by atoms with Gasteiger partial charge in [-0.2, -0.15) is 0 Å². The molecule has 2 unspecified atom stereocenters. The van der Waals surface area contributed by atoms with Crippen molar-refractivity contribution in [2.45, 2.75) is 38.5 Å². The minimum atomic E-state index is 0.394. The number of hydrogen-bond donors (Lipinski definition) is 0. The van der Waals surface area contributed by atoms with Gasteiger partial charge in [0, 0.05) is 5.38 Å². The SMILES string of the molecule is CC[C]1CC(C)CC1Cl. The minimum absolute atomic E-state index is 0.394. The molecule has 0 saturated heterocycles. The molecule has 0 aromatic carbocycles. The molecule has 1 aliphatic rings. The quantitative estimate of drug-likeness (QED) is 0.498. The van der Waals surface area contributed by atoms with Gasteiger partial charge in [0.25, 0.3) is 0 Å². The van der Waals surface area contributed by atoms with Crippen LogP contribution in [0.3, 0.4) is 0 Å². The van der Waals surface area contributed by atoms with E-state index in [1.807, 2.05) is 0 Å². The van der Waals surface area contributed by atoms with Crippen molar-refractivity contribution in [3.05, 3.63) is 5.92 Å². The maximum Gasteiger partial charge on any atom is 0.0400 e. The highest BCUT2D eigenvalue weighted by Gasteiger charge is 2.28. The van der Waals surface area contributed by atoms with Gasteiger partial charge >= 0.3 is 0 Å². The fourth-order valence-electron chi connectivity index (χ4n) is 1.54. The van der Waals surface area contributed by atoms with Crippen molar-refractivity contribution < 1.29 is 0 Å². The lowest BCUT2D eigenvalue weighted by atomic mass is 10.0. The second kappa shape index (κ2) is 2.92. The third-order valence-corrected chi connectivity index (χ3v) is 2.60. The van der Waals surface area contributed by atoms with E-state index in [9.17, 15) is 0 Å². The van der Waals surface area contributed by atoms with Crippen LogP contribution in [0.1, 0.15) is 33.1 Å². The van der Waals surface area contributed by atoms with Crippen molar-refractivity contribution in [1.29, 1.82) is 0 Å². The van der Waals surface area contributed by atoms with E-state index in [0.717, 1.165) is 5.92 Å². The van der Waals surface area contributed by atoms with Crippen LogP contribution < -0.4 is 0 Å². The van der Waals surface area contributed by atoms with Gasteiger partial charge in [0.15, 0.2) is 0 Å². The molecule has 0 nitrogen and oxygen atoms in total. The van der Waals surface area contributed by atoms with Crippen LogP contribution in [0.4, 0.5) is 0 Å². The molecule has 0 amide bonds. The van der Waals surface area contributed by atoms with Crippen LogP contribution in [0.2, 0.25) is 0 Å². The molecule has 0 bridgehead atoms.